The summed E-state index contributed by atoms with van der Waals surface area (Å²) in [4.78, 5) is 14.9. The molecular weight excluding hydrogens is 401 g/mol. The third-order valence-corrected chi connectivity index (χ3v) is 6.95. The molecule has 0 radical (unpaired) electrons. The lowest BCUT2D eigenvalue weighted by atomic mass is 9.83. The monoisotopic (exact) mass is 431 g/mol. The Morgan fingerprint density at radius 1 is 1.17 bits per heavy atom. The molecule has 162 valence electrons. The molecule has 2 heterocycles. The molecular formula is C22H30FN5OS. The molecule has 1 aliphatic carbocycles. The topological polar surface area (TPSA) is 70.1 Å². The van der Waals surface area contributed by atoms with Gasteiger partial charge in [-0.2, -0.15) is 0 Å². The number of rotatable bonds is 6. The van der Waals surface area contributed by atoms with Gasteiger partial charge in [0.05, 0.1) is 0 Å². The van der Waals surface area contributed by atoms with Crippen LogP contribution in [0.3, 0.4) is 0 Å². The molecule has 2 amide bonds. The Morgan fingerprint density at radius 2 is 2.00 bits per heavy atom. The van der Waals surface area contributed by atoms with E-state index in [9.17, 15) is 9.18 Å². The fourth-order valence-corrected chi connectivity index (χ4v) is 5.35. The number of benzene rings is 1. The van der Waals surface area contributed by atoms with Crippen molar-refractivity contribution in [1.82, 2.24) is 20.4 Å². The third-order valence-electron chi connectivity index (χ3n) is 6.34. The van der Waals surface area contributed by atoms with Gasteiger partial charge in [-0.1, -0.05) is 36.3 Å². The van der Waals surface area contributed by atoms with E-state index in [4.69, 9.17) is 0 Å². The molecule has 3 atom stereocenters. The van der Waals surface area contributed by atoms with Crippen LogP contribution in [0.1, 0.15) is 44.1 Å². The standard InChI is InChI=1S/C22H30FN5OS/c23-19-9-7-16(8-10-19)12-17-4-3-11-28(13-17)14-18-5-1-2-6-20(18)25-21(29)26-22-27-24-15-30-22/h7-10,15,17-18,20H,1-6,11-14H2,(H2,25,26,27,29)/t17-,18-,20+/m0/s1. The Labute approximate surface area is 181 Å². The number of urea groups is 1. The van der Waals surface area contributed by atoms with Crippen molar-refractivity contribution in [2.75, 3.05) is 25.0 Å². The Morgan fingerprint density at radius 3 is 2.80 bits per heavy atom. The summed E-state index contributed by atoms with van der Waals surface area (Å²) in [6.07, 6.45) is 8.01. The highest BCUT2D eigenvalue weighted by Crippen LogP contribution is 2.28. The number of piperidine rings is 1. The predicted octanol–water partition coefficient (Wildman–Crippen LogP) is 4.31. The van der Waals surface area contributed by atoms with E-state index in [0.717, 1.165) is 45.3 Å². The summed E-state index contributed by atoms with van der Waals surface area (Å²) in [5.41, 5.74) is 2.83. The number of carbonyl (C=O) groups excluding carboxylic acids is 1. The van der Waals surface area contributed by atoms with Crippen molar-refractivity contribution in [3.8, 4) is 0 Å². The fraction of sp³-hybridized carbons (Fsp3) is 0.591. The Hall–Kier alpha value is -2.06. The zero-order chi connectivity index (χ0) is 20.8. The van der Waals surface area contributed by atoms with Crippen LogP contribution >= 0.6 is 11.3 Å². The van der Waals surface area contributed by atoms with Crippen LogP contribution < -0.4 is 10.6 Å². The van der Waals surface area contributed by atoms with Crippen molar-refractivity contribution < 1.29 is 9.18 Å². The van der Waals surface area contributed by atoms with Crippen LogP contribution in [0.2, 0.25) is 0 Å². The van der Waals surface area contributed by atoms with Crippen LogP contribution in [0.25, 0.3) is 0 Å². The van der Waals surface area contributed by atoms with E-state index in [1.165, 1.54) is 36.2 Å². The molecule has 1 aromatic carbocycles. The van der Waals surface area contributed by atoms with Crippen molar-refractivity contribution in [2.24, 2.45) is 11.8 Å². The minimum absolute atomic E-state index is 0.171. The summed E-state index contributed by atoms with van der Waals surface area (Å²) in [7, 11) is 0. The van der Waals surface area contributed by atoms with E-state index < -0.39 is 0 Å². The van der Waals surface area contributed by atoms with E-state index in [1.54, 1.807) is 17.6 Å². The number of halogens is 1. The second kappa shape index (κ2) is 10.3. The van der Waals surface area contributed by atoms with Crippen LogP contribution in [0.5, 0.6) is 0 Å². The van der Waals surface area contributed by atoms with Crippen molar-refractivity contribution in [2.45, 2.75) is 51.0 Å². The SMILES string of the molecule is O=C(Nc1nncs1)N[C@@H]1CCCC[C@H]1CN1CCC[C@@H](Cc2ccc(F)cc2)C1. The van der Waals surface area contributed by atoms with Crippen LogP contribution in [0.4, 0.5) is 14.3 Å². The second-order valence-corrected chi connectivity index (χ2v) is 9.43. The first kappa shape index (κ1) is 21.2. The predicted molar refractivity (Wildman–Crippen MR) is 117 cm³/mol. The highest BCUT2D eigenvalue weighted by atomic mass is 32.1. The van der Waals surface area contributed by atoms with E-state index in [1.807, 2.05) is 12.1 Å². The molecule has 6 nitrogen and oxygen atoms in total. The van der Waals surface area contributed by atoms with E-state index in [0.29, 0.717) is 17.0 Å². The Balaban J connectivity index is 1.29. The normalized spacial score (nSPS) is 25.0. The number of hydrogen-bond acceptors (Lipinski definition) is 5. The Bertz CT molecular complexity index is 800. The number of amides is 2. The van der Waals surface area contributed by atoms with Gasteiger partial charge in [0, 0.05) is 19.1 Å². The van der Waals surface area contributed by atoms with Crippen LogP contribution in [0.15, 0.2) is 29.8 Å². The summed E-state index contributed by atoms with van der Waals surface area (Å²) in [6, 6.07) is 6.95. The molecule has 1 saturated heterocycles. The smallest absolute Gasteiger partial charge is 0.321 e. The number of carbonyl (C=O) groups is 1. The van der Waals surface area contributed by atoms with E-state index in [-0.39, 0.29) is 17.9 Å². The van der Waals surface area contributed by atoms with Crippen molar-refractivity contribution >= 4 is 22.5 Å². The molecule has 1 saturated carbocycles. The molecule has 2 N–H and O–H groups in total. The zero-order valence-corrected chi connectivity index (χ0v) is 18.0. The van der Waals surface area contributed by atoms with Crippen LogP contribution in [0, 0.1) is 17.7 Å². The van der Waals surface area contributed by atoms with Gasteiger partial charge in [0.15, 0.2) is 0 Å². The van der Waals surface area contributed by atoms with Crippen LogP contribution in [-0.2, 0) is 6.42 Å². The average molecular weight is 432 g/mol. The van der Waals surface area contributed by atoms with Crippen LogP contribution in [-0.4, -0.2) is 46.8 Å². The highest BCUT2D eigenvalue weighted by Gasteiger charge is 2.30. The van der Waals surface area contributed by atoms with E-state index in [2.05, 4.69) is 25.7 Å². The van der Waals surface area contributed by atoms with E-state index >= 15 is 0 Å². The minimum Gasteiger partial charge on any atom is -0.335 e. The quantitative estimate of drug-likeness (QED) is 0.715. The number of anilines is 1. The molecule has 4 rings (SSSR count). The maximum atomic E-state index is 13.2. The maximum Gasteiger partial charge on any atom is 0.321 e. The molecule has 0 unspecified atom stereocenters. The molecule has 30 heavy (non-hydrogen) atoms. The number of likely N-dealkylation sites (tertiary alicyclic amines) is 1. The average Bonchev–Trinajstić information content (AvgIpc) is 3.24. The molecule has 1 aliphatic heterocycles. The van der Waals surface area contributed by atoms with Gasteiger partial charge in [-0.25, -0.2) is 9.18 Å². The lowest BCUT2D eigenvalue weighted by Gasteiger charge is -2.39. The molecule has 1 aromatic heterocycles. The molecule has 2 aliphatic rings. The number of hydrogen-bond donors (Lipinski definition) is 2. The maximum absolute atomic E-state index is 13.2. The first-order chi connectivity index (χ1) is 14.7. The molecule has 8 heteroatoms. The van der Waals surface area contributed by atoms with Gasteiger partial charge in [0.1, 0.15) is 11.3 Å². The number of nitrogens with zero attached hydrogens (tertiary/aromatic N) is 3. The Kier molecular flexibility index (Phi) is 7.28. The van der Waals surface area contributed by atoms with Gasteiger partial charge < -0.3 is 10.2 Å². The lowest BCUT2D eigenvalue weighted by Crippen LogP contribution is -2.49. The fourth-order valence-electron chi connectivity index (χ4n) is 4.91. The van der Waals surface area contributed by atoms with Gasteiger partial charge in [-0.15, -0.1) is 10.2 Å². The van der Waals surface area contributed by atoms with Crippen molar-refractivity contribution in [3.05, 3.63) is 41.2 Å². The largest absolute Gasteiger partial charge is 0.335 e. The van der Waals surface area contributed by atoms with Gasteiger partial charge in [-0.3, -0.25) is 5.32 Å². The van der Waals surface area contributed by atoms with Gasteiger partial charge in [-0.05, 0) is 68.2 Å². The lowest BCUT2D eigenvalue weighted by molar-refractivity contribution is 0.123. The first-order valence-corrected chi connectivity index (χ1v) is 11.8. The molecule has 2 fully saturated rings. The second-order valence-electron chi connectivity index (χ2n) is 8.59. The summed E-state index contributed by atoms with van der Waals surface area (Å²) < 4.78 is 13.2. The first-order valence-electron chi connectivity index (χ1n) is 11.0. The summed E-state index contributed by atoms with van der Waals surface area (Å²) in [5.74, 6) is 0.915. The number of aromatic nitrogens is 2. The highest BCUT2D eigenvalue weighted by molar-refractivity contribution is 7.13. The molecule has 2 aromatic rings. The third kappa shape index (κ3) is 5.98. The van der Waals surface area contributed by atoms with Gasteiger partial charge >= 0.3 is 6.03 Å². The van der Waals surface area contributed by atoms with Gasteiger partial charge in [0.2, 0.25) is 5.13 Å². The van der Waals surface area contributed by atoms with Gasteiger partial charge in [0.25, 0.3) is 0 Å². The summed E-state index contributed by atoms with van der Waals surface area (Å²) in [5, 5.41) is 14.1. The number of nitrogens with one attached hydrogen (secondary N) is 2. The minimum atomic E-state index is -0.184. The van der Waals surface area contributed by atoms with Crippen molar-refractivity contribution in [3.63, 3.8) is 0 Å². The molecule has 0 bridgehead atoms. The summed E-state index contributed by atoms with van der Waals surface area (Å²) >= 11 is 1.32. The van der Waals surface area contributed by atoms with Crippen molar-refractivity contribution in [1.29, 1.82) is 0 Å². The molecule has 0 spiro atoms. The summed E-state index contributed by atoms with van der Waals surface area (Å²) in [6.45, 7) is 3.24. The zero-order valence-electron chi connectivity index (χ0n) is 17.2.